The van der Waals surface area contributed by atoms with E-state index in [1.54, 1.807) is 24.1 Å². The number of carbonyl (C=O) groups excluding carboxylic acids is 1. The van der Waals surface area contributed by atoms with Crippen LogP contribution in [0.25, 0.3) is 0 Å². The lowest BCUT2D eigenvalue weighted by Gasteiger charge is -2.12. The van der Waals surface area contributed by atoms with E-state index >= 15 is 0 Å². The van der Waals surface area contributed by atoms with Gasteiger partial charge < -0.3 is 11.1 Å². The molecule has 5 nitrogen and oxygen atoms in total. The van der Waals surface area contributed by atoms with Gasteiger partial charge in [0.05, 0.1) is 11.8 Å². The quantitative estimate of drug-likeness (QED) is 0.725. The second-order valence-electron chi connectivity index (χ2n) is 4.29. The number of amides is 1. The van der Waals surface area contributed by atoms with Gasteiger partial charge in [-0.3, -0.25) is 9.48 Å². The molecule has 0 radical (unpaired) electrons. The Morgan fingerprint density at radius 1 is 1.73 bits per heavy atom. The predicted octanol–water partition coefficient (Wildman–Crippen LogP) is -0.111. The maximum absolute atomic E-state index is 11.6. The molecule has 1 heterocycles. The molecule has 1 saturated carbocycles. The topological polar surface area (TPSA) is 72.9 Å². The predicted molar refractivity (Wildman–Crippen MR) is 56.3 cm³/mol. The molecule has 15 heavy (non-hydrogen) atoms. The minimum Gasteiger partial charge on any atom is -0.351 e. The molecule has 82 valence electrons. The average Bonchev–Trinajstić information content (AvgIpc) is 2.90. The largest absolute Gasteiger partial charge is 0.351 e. The van der Waals surface area contributed by atoms with Crippen molar-refractivity contribution in [3.63, 3.8) is 0 Å². The van der Waals surface area contributed by atoms with E-state index < -0.39 is 0 Å². The number of carbonyl (C=O) groups is 1. The van der Waals surface area contributed by atoms with Crippen molar-refractivity contribution >= 4 is 5.91 Å². The maximum Gasteiger partial charge on any atom is 0.254 e. The lowest BCUT2D eigenvalue weighted by Crippen LogP contribution is -2.33. The molecule has 3 N–H and O–H groups in total. The first-order valence-electron chi connectivity index (χ1n) is 5.12. The SMILES string of the molecule is Cn1cc(C(=O)NCC2(CN)CC2)cn1. The zero-order valence-corrected chi connectivity index (χ0v) is 8.86. The summed E-state index contributed by atoms with van der Waals surface area (Å²) in [4.78, 5) is 11.6. The molecule has 0 aliphatic heterocycles. The van der Waals surface area contributed by atoms with Crippen LogP contribution in [-0.4, -0.2) is 28.8 Å². The summed E-state index contributed by atoms with van der Waals surface area (Å²) in [5.41, 5.74) is 6.41. The molecule has 1 aromatic rings. The van der Waals surface area contributed by atoms with Crippen LogP contribution >= 0.6 is 0 Å². The van der Waals surface area contributed by atoms with Gasteiger partial charge >= 0.3 is 0 Å². The fourth-order valence-electron chi connectivity index (χ4n) is 1.54. The highest BCUT2D eigenvalue weighted by atomic mass is 16.1. The van der Waals surface area contributed by atoms with Gasteiger partial charge in [0.2, 0.25) is 0 Å². The summed E-state index contributed by atoms with van der Waals surface area (Å²) in [6.07, 6.45) is 5.52. The summed E-state index contributed by atoms with van der Waals surface area (Å²) >= 11 is 0. The van der Waals surface area contributed by atoms with Crippen molar-refractivity contribution in [3.05, 3.63) is 18.0 Å². The average molecular weight is 208 g/mol. The minimum atomic E-state index is -0.0668. The van der Waals surface area contributed by atoms with Gasteiger partial charge in [-0.15, -0.1) is 0 Å². The summed E-state index contributed by atoms with van der Waals surface area (Å²) in [6.45, 7) is 1.33. The van der Waals surface area contributed by atoms with Crippen molar-refractivity contribution in [2.24, 2.45) is 18.2 Å². The van der Waals surface area contributed by atoms with Gasteiger partial charge in [0.25, 0.3) is 5.91 Å². The van der Waals surface area contributed by atoms with Gasteiger partial charge in [0.15, 0.2) is 0 Å². The third kappa shape index (κ3) is 2.18. The molecule has 1 fully saturated rings. The van der Waals surface area contributed by atoms with Crippen molar-refractivity contribution in [1.82, 2.24) is 15.1 Å². The van der Waals surface area contributed by atoms with E-state index in [0.29, 0.717) is 18.7 Å². The lowest BCUT2D eigenvalue weighted by atomic mass is 10.1. The molecule has 5 heteroatoms. The molecule has 1 amide bonds. The monoisotopic (exact) mass is 208 g/mol. The first-order valence-corrected chi connectivity index (χ1v) is 5.12. The van der Waals surface area contributed by atoms with Gasteiger partial charge in [-0.05, 0) is 19.4 Å². The highest BCUT2D eigenvalue weighted by Crippen LogP contribution is 2.43. The molecule has 1 aliphatic carbocycles. The first-order chi connectivity index (χ1) is 7.15. The lowest BCUT2D eigenvalue weighted by molar-refractivity contribution is 0.0945. The van der Waals surface area contributed by atoms with Crippen LogP contribution < -0.4 is 11.1 Å². The van der Waals surface area contributed by atoms with E-state index in [9.17, 15) is 4.79 Å². The minimum absolute atomic E-state index is 0.0668. The fraction of sp³-hybridized carbons (Fsp3) is 0.600. The molecular weight excluding hydrogens is 192 g/mol. The molecule has 1 aliphatic rings. The van der Waals surface area contributed by atoms with Gasteiger partial charge in [0, 0.05) is 25.2 Å². The van der Waals surface area contributed by atoms with E-state index in [2.05, 4.69) is 10.4 Å². The summed E-state index contributed by atoms with van der Waals surface area (Å²) in [7, 11) is 1.79. The Bertz CT molecular complexity index is 367. The van der Waals surface area contributed by atoms with Crippen molar-refractivity contribution in [3.8, 4) is 0 Å². The van der Waals surface area contributed by atoms with Gasteiger partial charge in [0.1, 0.15) is 0 Å². The van der Waals surface area contributed by atoms with E-state index in [0.717, 1.165) is 12.8 Å². The van der Waals surface area contributed by atoms with Crippen LogP contribution in [0.4, 0.5) is 0 Å². The normalized spacial score (nSPS) is 17.5. The van der Waals surface area contributed by atoms with Crippen LogP contribution in [0.3, 0.4) is 0 Å². The Kier molecular flexibility index (Phi) is 2.48. The van der Waals surface area contributed by atoms with Crippen molar-refractivity contribution in [2.75, 3.05) is 13.1 Å². The third-order valence-corrected chi connectivity index (χ3v) is 2.98. The first kappa shape index (κ1) is 10.2. The molecule has 0 saturated heterocycles. The second-order valence-corrected chi connectivity index (χ2v) is 4.29. The zero-order chi connectivity index (χ0) is 10.9. The van der Waals surface area contributed by atoms with Crippen LogP contribution in [0.1, 0.15) is 23.2 Å². The molecule has 0 unspecified atom stereocenters. The smallest absolute Gasteiger partial charge is 0.254 e. The Balaban J connectivity index is 1.88. The van der Waals surface area contributed by atoms with Crippen LogP contribution in [0.5, 0.6) is 0 Å². The number of rotatable bonds is 4. The highest BCUT2D eigenvalue weighted by molar-refractivity contribution is 5.93. The number of aryl methyl sites for hydroxylation is 1. The Labute approximate surface area is 88.6 Å². The van der Waals surface area contributed by atoms with Gasteiger partial charge in [-0.25, -0.2) is 0 Å². The Morgan fingerprint density at radius 3 is 2.93 bits per heavy atom. The summed E-state index contributed by atoms with van der Waals surface area (Å²) in [5.74, 6) is -0.0668. The molecule has 0 spiro atoms. The zero-order valence-electron chi connectivity index (χ0n) is 8.86. The Hall–Kier alpha value is -1.36. The van der Waals surface area contributed by atoms with E-state index in [-0.39, 0.29) is 11.3 Å². The summed E-state index contributed by atoms with van der Waals surface area (Å²) in [5, 5.41) is 6.84. The number of nitrogens with zero attached hydrogens (tertiary/aromatic N) is 2. The second kappa shape index (κ2) is 3.66. The number of nitrogens with two attached hydrogens (primary N) is 1. The summed E-state index contributed by atoms with van der Waals surface area (Å²) in [6, 6.07) is 0. The van der Waals surface area contributed by atoms with Crippen molar-refractivity contribution in [1.29, 1.82) is 0 Å². The molecule has 0 bridgehead atoms. The van der Waals surface area contributed by atoms with Crippen LogP contribution in [0.15, 0.2) is 12.4 Å². The number of hydrogen-bond acceptors (Lipinski definition) is 3. The summed E-state index contributed by atoms with van der Waals surface area (Å²) < 4.78 is 1.62. The fourth-order valence-corrected chi connectivity index (χ4v) is 1.54. The maximum atomic E-state index is 11.6. The molecule has 0 aromatic carbocycles. The van der Waals surface area contributed by atoms with Gasteiger partial charge in [-0.2, -0.15) is 5.10 Å². The number of nitrogens with one attached hydrogen (secondary N) is 1. The van der Waals surface area contributed by atoms with Crippen molar-refractivity contribution < 1.29 is 4.79 Å². The molecule has 0 atom stereocenters. The van der Waals surface area contributed by atoms with Crippen LogP contribution in [0, 0.1) is 5.41 Å². The van der Waals surface area contributed by atoms with E-state index in [4.69, 9.17) is 5.73 Å². The van der Waals surface area contributed by atoms with E-state index in [1.165, 1.54) is 0 Å². The van der Waals surface area contributed by atoms with Crippen LogP contribution in [0.2, 0.25) is 0 Å². The number of hydrogen-bond donors (Lipinski definition) is 2. The van der Waals surface area contributed by atoms with Crippen LogP contribution in [-0.2, 0) is 7.05 Å². The third-order valence-electron chi connectivity index (χ3n) is 2.98. The highest BCUT2D eigenvalue weighted by Gasteiger charge is 2.41. The Morgan fingerprint density at radius 2 is 2.47 bits per heavy atom. The van der Waals surface area contributed by atoms with Gasteiger partial charge in [-0.1, -0.05) is 0 Å². The van der Waals surface area contributed by atoms with E-state index in [1.807, 2.05) is 0 Å². The number of aromatic nitrogens is 2. The molecule has 2 rings (SSSR count). The van der Waals surface area contributed by atoms with Crippen molar-refractivity contribution in [2.45, 2.75) is 12.8 Å². The molecular formula is C10H16N4O. The molecule has 1 aromatic heterocycles. The standard InChI is InChI=1S/C10H16N4O/c1-14-5-8(4-13-14)9(15)12-7-10(6-11)2-3-10/h4-5H,2-3,6-7,11H2,1H3,(H,12,15).